The maximum Gasteiger partial charge on any atom is 0.416 e. The van der Waals surface area contributed by atoms with Gasteiger partial charge in [-0.1, -0.05) is 19.1 Å². The SMILES string of the molecule is Cc1cc(NC(=O)C(=O)N2C[C@@H](C)CCC2c2cccc(C(F)(F)F)c2)cnc1N. The first-order valence-electron chi connectivity index (χ1n) is 9.57. The molecule has 0 bridgehead atoms. The van der Waals surface area contributed by atoms with Gasteiger partial charge in [-0.2, -0.15) is 13.2 Å². The molecule has 1 saturated heterocycles. The van der Waals surface area contributed by atoms with Crippen molar-refractivity contribution < 1.29 is 22.8 Å². The number of amides is 2. The molecular formula is C21H23F3N4O2. The molecule has 30 heavy (non-hydrogen) atoms. The number of benzene rings is 1. The van der Waals surface area contributed by atoms with Crippen LogP contribution in [0, 0.1) is 12.8 Å². The number of hydrogen-bond acceptors (Lipinski definition) is 4. The molecule has 9 heteroatoms. The van der Waals surface area contributed by atoms with E-state index in [1.54, 1.807) is 19.1 Å². The predicted octanol–water partition coefficient (Wildman–Crippen LogP) is 3.93. The zero-order chi connectivity index (χ0) is 22.1. The molecule has 160 valence electrons. The van der Waals surface area contributed by atoms with Crippen LogP contribution in [0.2, 0.25) is 0 Å². The quantitative estimate of drug-likeness (QED) is 0.721. The molecule has 3 N–H and O–H groups in total. The van der Waals surface area contributed by atoms with Crippen molar-refractivity contribution in [3.63, 3.8) is 0 Å². The second kappa shape index (κ2) is 8.33. The van der Waals surface area contributed by atoms with E-state index in [1.807, 2.05) is 6.92 Å². The summed E-state index contributed by atoms with van der Waals surface area (Å²) in [6, 6.07) is 5.91. The summed E-state index contributed by atoms with van der Waals surface area (Å²) in [5.41, 5.74) is 6.21. The molecule has 6 nitrogen and oxygen atoms in total. The fraction of sp³-hybridized carbons (Fsp3) is 0.381. The van der Waals surface area contributed by atoms with Crippen molar-refractivity contribution in [2.75, 3.05) is 17.6 Å². The van der Waals surface area contributed by atoms with Gasteiger partial charge in [0, 0.05) is 6.54 Å². The largest absolute Gasteiger partial charge is 0.416 e. The molecule has 1 aromatic carbocycles. The van der Waals surface area contributed by atoms with E-state index < -0.39 is 29.6 Å². The van der Waals surface area contributed by atoms with Gasteiger partial charge < -0.3 is 16.0 Å². The van der Waals surface area contributed by atoms with Gasteiger partial charge in [-0.25, -0.2) is 4.98 Å². The van der Waals surface area contributed by atoms with Gasteiger partial charge >= 0.3 is 18.0 Å². The number of likely N-dealkylation sites (tertiary alicyclic amines) is 1. The first-order chi connectivity index (χ1) is 14.1. The van der Waals surface area contributed by atoms with Crippen molar-refractivity contribution in [2.45, 2.75) is 38.9 Å². The van der Waals surface area contributed by atoms with Crippen molar-refractivity contribution in [1.29, 1.82) is 0 Å². The number of rotatable bonds is 2. The second-order valence-electron chi connectivity index (χ2n) is 7.66. The Kier molecular flexibility index (Phi) is 6.00. The summed E-state index contributed by atoms with van der Waals surface area (Å²) in [4.78, 5) is 30.8. The fourth-order valence-electron chi connectivity index (χ4n) is 3.61. The number of nitrogens with one attached hydrogen (secondary N) is 1. The van der Waals surface area contributed by atoms with E-state index in [0.29, 0.717) is 29.1 Å². The first-order valence-corrected chi connectivity index (χ1v) is 9.57. The zero-order valence-corrected chi connectivity index (χ0v) is 16.7. The Morgan fingerprint density at radius 1 is 1.23 bits per heavy atom. The van der Waals surface area contributed by atoms with E-state index in [2.05, 4.69) is 10.3 Å². The maximum absolute atomic E-state index is 13.1. The highest BCUT2D eigenvalue weighted by atomic mass is 19.4. The van der Waals surface area contributed by atoms with Gasteiger partial charge in [0.05, 0.1) is 23.5 Å². The molecule has 0 saturated carbocycles. The van der Waals surface area contributed by atoms with Gasteiger partial charge in [0.1, 0.15) is 5.82 Å². The van der Waals surface area contributed by atoms with Gasteiger partial charge in [0.25, 0.3) is 0 Å². The number of aromatic nitrogens is 1. The zero-order valence-electron chi connectivity index (χ0n) is 16.7. The average Bonchev–Trinajstić information content (AvgIpc) is 2.69. The third kappa shape index (κ3) is 4.72. The van der Waals surface area contributed by atoms with Gasteiger partial charge in [-0.3, -0.25) is 9.59 Å². The lowest BCUT2D eigenvalue weighted by atomic mass is 9.89. The lowest BCUT2D eigenvalue weighted by Gasteiger charge is -2.38. The topological polar surface area (TPSA) is 88.3 Å². The van der Waals surface area contributed by atoms with Crippen molar-refractivity contribution in [3.8, 4) is 0 Å². The molecule has 0 spiro atoms. The molecule has 2 amide bonds. The highest BCUT2D eigenvalue weighted by Gasteiger charge is 2.36. The summed E-state index contributed by atoms with van der Waals surface area (Å²) in [5.74, 6) is -1.22. The Morgan fingerprint density at radius 3 is 2.63 bits per heavy atom. The van der Waals surface area contributed by atoms with E-state index in [1.165, 1.54) is 17.2 Å². The Labute approximate surface area is 172 Å². The van der Waals surface area contributed by atoms with Crippen LogP contribution in [0.4, 0.5) is 24.7 Å². The number of alkyl halides is 3. The molecule has 1 unspecified atom stereocenters. The smallest absolute Gasteiger partial charge is 0.383 e. The minimum Gasteiger partial charge on any atom is -0.383 e. The standard InChI is InChI=1S/C21H23F3N4O2/c1-12-6-7-17(14-4-3-5-15(9-14)21(22,23)24)28(11-12)20(30)19(29)27-16-8-13(2)18(25)26-10-16/h3-5,8-10,12,17H,6-7,11H2,1-2H3,(H2,25,26)(H,27,29)/t12-,17?/m0/s1. The Morgan fingerprint density at radius 2 is 1.97 bits per heavy atom. The highest BCUT2D eigenvalue weighted by Crippen LogP contribution is 2.36. The van der Waals surface area contributed by atoms with Gasteiger partial charge in [0.15, 0.2) is 0 Å². The van der Waals surface area contributed by atoms with Crippen molar-refractivity contribution in [2.24, 2.45) is 5.92 Å². The molecule has 2 heterocycles. The number of hydrogen-bond donors (Lipinski definition) is 2. The summed E-state index contributed by atoms with van der Waals surface area (Å²) in [6.07, 6.45) is -1.92. The van der Waals surface area contributed by atoms with Crippen LogP contribution in [-0.4, -0.2) is 28.2 Å². The normalized spacial score (nSPS) is 19.4. The van der Waals surface area contributed by atoms with Crippen LogP contribution in [0.5, 0.6) is 0 Å². The number of piperidine rings is 1. The number of nitrogen functional groups attached to an aromatic ring is 1. The summed E-state index contributed by atoms with van der Waals surface area (Å²) in [6.45, 7) is 3.94. The molecule has 1 aliphatic heterocycles. The van der Waals surface area contributed by atoms with Crippen molar-refractivity contribution in [3.05, 3.63) is 53.2 Å². The van der Waals surface area contributed by atoms with Crippen LogP contribution in [0.1, 0.15) is 42.5 Å². The monoisotopic (exact) mass is 420 g/mol. The van der Waals surface area contributed by atoms with E-state index in [-0.39, 0.29) is 12.5 Å². The van der Waals surface area contributed by atoms with Crippen LogP contribution in [0.15, 0.2) is 36.5 Å². The van der Waals surface area contributed by atoms with Gasteiger partial charge in [-0.05, 0) is 55.0 Å². The minimum absolute atomic E-state index is 0.129. The number of nitrogens with two attached hydrogens (primary N) is 1. The number of aryl methyl sites for hydroxylation is 1. The van der Waals surface area contributed by atoms with E-state index >= 15 is 0 Å². The maximum atomic E-state index is 13.1. The number of anilines is 2. The lowest BCUT2D eigenvalue weighted by molar-refractivity contribution is -0.146. The second-order valence-corrected chi connectivity index (χ2v) is 7.66. The van der Waals surface area contributed by atoms with Gasteiger partial charge in [-0.15, -0.1) is 0 Å². The van der Waals surface area contributed by atoms with Crippen molar-refractivity contribution in [1.82, 2.24) is 9.88 Å². The predicted molar refractivity (Wildman–Crippen MR) is 106 cm³/mol. The number of pyridine rings is 1. The van der Waals surface area contributed by atoms with Crippen LogP contribution in [0.3, 0.4) is 0 Å². The van der Waals surface area contributed by atoms with E-state index in [0.717, 1.165) is 18.6 Å². The third-order valence-corrected chi connectivity index (χ3v) is 5.25. The van der Waals surface area contributed by atoms with Crippen LogP contribution < -0.4 is 11.1 Å². The molecule has 3 rings (SSSR count). The fourth-order valence-corrected chi connectivity index (χ4v) is 3.61. The molecule has 0 aliphatic carbocycles. The molecule has 2 atom stereocenters. The highest BCUT2D eigenvalue weighted by molar-refractivity contribution is 6.39. The molecule has 1 aromatic heterocycles. The Balaban J connectivity index is 1.84. The number of carbonyl (C=O) groups excluding carboxylic acids is 2. The van der Waals surface area contributed by atoms with Crippen LogP contribution in [0.25, 0.3) is 0 Å². The van der Waals surface area contributed by atoms with Crippen molar-refractivity contribution >= 4 is 23.3 Å². The van der Waals surface area contributed by atoms with Gasteiger partial charge in [0.2, 0.25) is 0 Å². The summed E-state index contributed by atoms with van der Waals surface area (Å²) in [5, 5.41) is 2.50. The summed E-state index contributed by atoms with van der Waals surface area (Å²) < 4.78 is 39.4. The van der Waals surface area contributed by atoms with E-state index in [4.69, 9.17) is 5.73 Å². The molecule has 1 aliphatic rings. The summed E-state index contributed by atoms with van der Waals surface area (Å²) in [7, 11) is 0. The number of halogens is 3. The summed E-state index contributed by atoms with van der Waals surface area (Å²) >= 11 is 0. The molecule has 1 fully saturated rings. The Hall–Kier alpha value is -3.10. The third-order valence-electron chi connectivity index (χ3n) is 5.25. The Bertz CT molecular complexity index is 962. The molecule has 2 aromatic rings. The van der Waals surface area contributed by atoms with Crippen LogP contribution in [-0.2, 0) is 15.8 Å². The number of carbonyl (C=O) groups is 2. The van der Waals surface area contributed by atoms with E-state index in [9.17, 15) is 22.8 Å². The molecule has 0 radical (unpaired) electrons. The van der Waals surface area contributed by atoms with Crippen LogP contribution >= 0.6 is 0 Å². The lowest BCUT2D eigenvalue weighted by Crippen LogP contribution is -2.46. The minimum atomic E-state index is -4.48. The average molecular weight is 420 g/mol. The molecular weight excluding hydrogens is 397 g/mol. The first kappa shape index (κ1) is 21.6. The number of nitrogens with zero attached hydrogens (tertiary/aromatic N) is 2.